The van der Waals surface area contributed by atoms with Crippen molar-refractivity contribution in [1.29, 1.82) is 0 Å². The van der Waals surface area contributed by atoms with Crippen LogP contribution in [0.15, 0.2) is 12.3 Å². The fourth-order valence-corrected chi connectivity index (χ4v) is 1.53. The molecule has 0 aliphatic heterocycles. The van der Waals surface area contributed by atoms with E-state index in [2.05, 4.69) is 27.5 Å². The van der Waals surface area contributed by atoms with Gasteiger partial charge < -0.3 is 15.7 Å². The van der Waals surface area contributed by atoms with Gasteiger partial charge in [-0.25, -0.2) is 4.98 Å². The number of hydrogen-bond donors (Lipinski definition) is 3. The van der Waals surface area contributed by atoms with Crippen molar-refractivity contribution in [3.63, 3.8) is 0 Å². The molecule has 1 rings (SSSR count). The molecule has 102 valence electrons. The molecule has 0 saturated heterocycles. The minimum atomic E-state index is -0.665. The summed E-state index contributed by atoms with van der Waals surface area (Å²) in [6, 6.07) is 1.81. The number of hydrogen-bond acceptors (Lipinski definition) is 5. The van der Waals surface area contributed by atoms with Crippen molar-refractivity contribution >= 4 is 11.8 Å². The Morgan fingerprint density at radius 1 is 1.22 bits per heavy atom. The summed E-state index contributed by atoms with van der Waals surface area (Å²) in [5.41, 5.74) is -0.665. The third-order valence-corrected chi connectivity index (χ3v) is 3.10. The lowest BCUT2D eigenvalue weighted by molar-refractivity contribution is 0.0456. The van der Waals surface area contributed by atoms with Gasteiger partial charge in [0.15, 0.2) is 0 Å². The van der Waals surface area contributed by atoms with Crippen molar-refractivity contribution in [2.45, 2.75) is 45.6 Å². The summed E-state index contributed by atoms with van der Waals surface area (Å²) >= 11 is 0. The predicted octanol–water partition coefficient (Wildman–Crippen LogP) is 2.26. The van der Waals surface area contributed by atoms with Gasteiger partial charge in [-0.3, -0.25) is 0 Å². The van der Waals surface area contributed by atoms with Crippen LogP contribution in [0.2, 0.25) is 0 Å². The zero-order valence-corrected chi connectivity index (χ0v) is 11.5. The molecule has 0 amide bonds. The summed E-state index contributed by atoms with van der Waals surface area (Å²) in [6.45, 7) is 7.43. The molecule has 5 nitrogen and oxygen atoms in total. The maximum Gasteiger partial charge on any atom is 0.224 e. The molecule has 0 bridgehead atoms. The maximum atomic E-state index is 10.2. The van der Waals surface area contributed by atoms with Crippen LogP contribution in [0.4, 0.5) is 11.8 Å². The average Bonchev–Trinajstić information content (AvgIpc) is 2.43. The molecule has 0 radical (unpaired) electrons. The van der Waals surface area contributed by atoms with E-state index in [0.717, 1.165) is 31.6 Å². The number of anilines is 2. The Morgan fingerprint density at radius 3 is 2.56 bits per heavy atom. The lowest BCUT2D eigenvalue weighted by Crippen LogP contribution is -2.35. The normalized spacial score (nSPS) is 11.3. The molecule has 0 saturated carbocycles. The first-order valence-corrected chi connectivity index (χ1v) is 6.66. The third-order valence-electron chi connectivity index (χ3n) is 3.10. The van der Waals surface area contributed by atoms with Crippen LogP contribution >= 0.6 is 0 Å². The topological polar surface area (TPSA) is 70.1 Å². The second-order valence-electron chi connectivity index (χ2n) is 4.48. The second-order valence-corrected chi connectivity index (χ2v) is 4.48. The fraction of sp³-hybridized carbons (Fsp3) is 0.692. The van der Waals surface area contributed by atoms with Gasteiger partial charge in [0.1, 0.15) is 5.82 Å². The zero-order chi connectivity index (χ0) is 13.4. The second kappa shape index (κ2) is 7.16. The number of aromatic nitrogens is 2. The van der Waals surface area contributed by atoms with E-state index in [-0.39, 0.29) is 0 Å². The molecule has 0 spiro atoms. The van der Waals surface area contributed by atoms with Crippen molar-refractivity contribution < 1.29 is 5.11 Å². The Balaban J connectivity index is 2.56. The first kappa shape index (κ1) is 14.7. The molecule has 3 N–H and O–H groups in total. The summed E-state index contributed by atoms with van der Waals surface area (Å²) in [5.74, 6) is 1.36. The van der Waals surface area contributed by atoms with Crippen molar-refractivity contribution in [2.75, 3.05) is 23.7 Å². The molecule has 0 aromatic carbocycles. The standard InChI is InChI=1S/C13H24N4O/c1-4-8-14-12-15-9-7-11(17-12)16-10-13(18,5-2)6-3/h7,9,18H,4-6,8,10H2,1-3H3,(H2,14,15,16,17). The van der Waals surface area contributed by atoms with Gasteiger partial charge in [-0.2, -0.15) is 4.98 Å². The quantitative estimate of drug-likeness (QED) is 0.662. The van der Waals surface area contributed by atoms with Crippen LogP contribution in [0.25, 0.3) is 0 Å². The van der Waals surface area contributed by atoms with Gasteiger partial charge in [-0.15, -0.1) is 0 Å². The number of nitrogens with one attached hydrogen (secondary N) is 2. The zero-order valence-electron chi connectivity index (χ0n) is 11.5. The molecule has 5 heteroatoms. The molecule has 0 unspecified atom stereocenters. The van der Waals surface area contributed by atoms with Gasteiger partial charge in [0.05, 0.1) is 5.60 Å². The Kier molecular flexibility index (Phi) is 5.85. The van der Waals surface area contributed by atoms with Crippen molar-refractivity contribution in [3.05, 3.63) is 12.3 Å². The summed E-state index contributed by atoms with van der Waals surface area (Å²) in [5, 5.41) is 16.5. The van der Waals surface area contributed by atoms with Gasteiger partial charge in [-0.05, 0) is 25.3 Å². The number of aliphatic hydroxyl groups is 1. The molecule has 1 heterocycles. The monoisotopic (exact) mass is 252 g/mol. The highest BCUT2D eigenvalue weighted by Crippen LogP contribution is 2.15. The minimum Gasteiger partial charge on any atom is -0.388 e. The lowest BCUT2D eigenvalue weighted by atomic mass is 9.98. The average molecular weight is 252 g/mol. The van der Waals surface area contributed by atoms with Gasteiger partial charge in [0.2, 0.25) is 5.95 Å². The Hall–Kier alpha value is -1.36. The summed E-state index contributed by atoms with van der Waals surface area (Å²) < 4.78 is 0. The van der Waals surface area contributed by atoms with Crippen LogP contribution in [-0.2, 0) is 0 Å². The lowest BCUT2D eigenvalue weighted by Gasteiger charge is -2.25. The maximum absolute atomic E-state index is 10.2. The number of rotatable bonds is 8. The van der Waals surface area contributed by atoms with E-state index in [1.54, 1.807) is 6.20 Å². The molecule has 0 fully saturated rings. The molecule has 1 aromatic heterocycles. The highest BCUT2D eigenvalue weighted by atomic mass is 16.3. The Morgan fingerprint density at radius 2 is 1.94 bits per heavy atom. The van der Waals surface area contributed by atoms with Crippen LogP contribution in [0, 0.1) is 0 Å². The smallest absolute Gasteiger partial charge is 0.224 e. The summed E-state index contributed by atoms with van der Waals surface area (Å²) in [4.78, 5) is 8.47. The van der Waals surface area contributed by atoms with E-state index in [1.807, 2.05) is 19.9 Å². The van der Waals surface area contributed by atoms with Crippen molar-refractivity contribution in [3.8, 4) is 0 Å². The van der Waals surface area contributed by atoms with Crippen LogP contribution in [0.3, 0.4) is 0 Å². The number of nitrogens with zero attached hydrogens (tertiary/aromatic N) is 2. The van der Waals surface area contributed by atoms with Crippen LogP contribution in [0.1, 0.15) is 40.0 Å². The minimum absolute atomic E-state index is 0.504. The van der Waals surface area contributed by atoms with E-state index >= 15 is 0 Å². The van der Waals surface area contributed by atoms with E-state index in [9.17, 15) is 5.11 Å². The molecular weight excluding hydrogens is 228 g/mol. The predicted molar refractivity (Wildman–Crippen MR) is 74.8 cm³/mol. The van der Waals surface area contributed by atoms with Crippen LogP contribution in [0.5, 0.6) is 0 Å². The van der Waals surface area contributed by atoms with Crippen LogP contribution in [-0.4, -0.2) is 33.8 Å². The van der Waals surface area contributed by atoms with Gasteiger partial charge in [0.25, 0.3) is 0 Å². The van der Waals surface area contributed by atoms with Crippen molar-refractivity contribution in [1.82, 2.24) is 9.97 Å². The first-order valence-electron chi connectivity index (χ1n) is 6.66. The SMILES string of the molecule is CCCNc1nccc(NCC(O)(CC)CC)n1. The Labute approximate surface area is 109 Å². The third kappa shape index (κ3) is 4.49. The van der Waals surface area contributed by atoms with E-state index < -0.39 is 5.60 Å². The molecule has 0 aliphatic rings. The first-order chi connectivity index (χ1) is 8.63. The van der Waals surface area contributed by atoms with E-state index in [0.29, 0.717) is 12.5 Å². The van der Waals surface area contributed by atoms with Gasteiger partial charge >= 0.3 is 0 Å². The van der Waals surface area contributed by atoms with Gasteiger partial charge in [-0.1, -0.05) is 20.8 Å². The van der Waals surface area contributed by atoms with E-state index in [1.165, 1.54) is 0 Å². The molecule has 0 atom stereocenters. The highest BCUT2D eigenvalue weighted by Gasteiger charge is 2.21. The highest BCUT2D eigenvalue weighted by molar-refractivity contribution is 5.39. The largest absolute Gasteiger partial charge is 0.388 e. The van der Waals surface area contributed by atoms with Crippen LogP contribution < -0.4 is 10.6 Å². The molecule has 18 heavy (non-hydrogen) atoms. The molecular formula is C13H24N4O. The van der Waals surface area contributed by atoms with Crippen molar-refractivity contribution in [2.24, 2.45) is 0 Å². The van der Waals surface area contributed by atoms with E-state index in [4.69, 9.17) is 0 Å². The summed E-state index contributed by atoms with van der Waals surface area (Å²) in [6.07, 6.45) is 4.20. The molecule has 1 aromatic rings. The fourth-order valence-electron chi connectivity index (χ4n) is 1.53. The summed E-state index contributed by atoms with van der Waals surface area (Å²) in [7, 11) is 0. The molecule has 0 aliphatic carbocycles. The van der Waals surface area contributed by atoms with Gasteiger partial charge in [0, 0.05) is 19.3 Å². The Bertz CT molecular complexity index is 353.